The van der Waals surface area contributed by atoms with Crippen molar-refractivity contribution in [1.82, 2.24) is 20.3 Å². The molecule has 254 valence electrons. The first-order valence-corrected chi connectivity index (χ1v) is 17.1. The van der Waals surface area contributed by atoms with Gasteiger partial charge < -0.3 is 19.7 Å². The number of carbonyl (C=O) groups excluding carboxylic acids is 3. The van der Waals surface area contributed by atoms with Crippen molar-refractivity contribution in [3.05, 3.63) is 54.1 Å². The molecule has 0 spiro atoms. The number of anilines is 1. The van der Waals surface area contributed by atoms with Crippen molar-refractivity contribution in [2.75, 3.05) is 37.9 Å². The van der Waals surface area contributed by atoms with Gasteiger partial charge >= 0.3 is 0 Å². The average molecular weight is 646 g/mol. The Morgan fingerprint density at radius 2 is 1.53 bits per heavy atom. The summed E-state index contributed by atoms with van der Waals surface area (Å²) in [7, 11) is 0. The molecular weight excluding hydrogens is 594 g/mol. The van der Waals surface area contributed by atoms with Gasteiger partial charge in [0.25, 0.3) is 0 Å². The molecule has 0 unspecified atom stereocenters. The number of ether oxygens (including phenoxy) is 2. The quantitative estimate of drug-likeness (QED) is 0.154. The molecule has 10 nitrogen and oxygen atoms in total. The summed E-state index contributed by atoms with van der Waals surface area (Å²) in [5.74, 6) is 1.00. The number of para-hydroxylation sites is 1. The Morgan fingerprint density at radius 1 is 0.809 bits per heavy atom. The molecule has 0 saturated heterocycles. The number of hydrogen-bond donors (Lipinski definition) is 1. The van der Waals surface area contributed by atoms with E-state index in [4.69, 9.17) is 9.47 Å². The third kappa shape index (κ3) is 10.8. The number of aromatic nitrogens is 3. The fourth-order valence-electron chi connectivity index (χ4n) is 5.61. The van der Waals surface area contributed by atoms with Crippen molar-refractivity contribution in [2.24, 2.45) is 11.8 Å². The number of hydrogen-bond acceptors (Lipinski definition) is 7. The Bertz CT molecular complexity index is 1470. The SMILES string of the molecule is CC(C)CCCOCCn1nnc2c1-c1ccccc1CN(C(=O)CCC(=O)NCCOCCC(=O)CCC(C)C)c1ccccc1-2. The van der Waals surface area contributed by atoms with Crippen LogP contribution < -0.4 is 10.2 Å². The number of benzene rings is 2. The largest absolute Gasteiger partial charge is 0.380 e. The molecule has 3 aromatic rings. The molecule has 0 saturated carbocycles. The lowest BCUT2D eigenvalue weighted by molar-refractivity contribution is -0.125. The minimum atomic E-state index is -0.215. The van der Waals surface area contributed by atoms with E-state index in [0.717, 1.165) is 53.9 Å². The molecule has 2 amide bonds. The zero-order valence-electron chi connectivity index (χ0n) is 28.5. The van der Waals surface area contributed by atoms with Crippen LogP contribution in [-0.2, 0) is 36.9 Å². The number of ketones is 1. The molecule has 0 aliphatic carbocycles. The maximum Gasteiger partial charge on any atom is 0.227 e. The van der Waals surface area contributed by atoms with Crippen LogP contribution in [0.5, 0.6) is 0 Å². The predicted molar refractivity (Wildman–Crippen MR) is 184 cm³/mol. The van der Waals surface area contributed by atoms with E-state index >= 15 is 0 Å². The van der Waals surface area contributed by atoms with Gasteiger partial charge in [0, 0.05) is 50.0 Å². The molecule has 10 heteroatoms. The third-order valence-corrected chi connectivity index (χ3v) is 8.26. The number of Topliss-reactive ketones (excluding diaryl/α,β-unsaturated/α-hetero) is 1. The maximum absolute atomic E-state index is 13.7. The Hall–Kier alpha value is -3.89. The minimum absolute atomic E-state index is 0.0568. The van der Waals surface area contributed by atoms with E-state index in [-0.39, 0.29) is 30.4 Å². The molecule has 0 bridgehead atoms. The minimum Gasteiger partial charge on any atom is -0.380 e. The zero-order chi connectivity index (χ0) is 33.6. The number of fused-ring (bicyclic) bond motifs is 5. The van der Waals surface area contributed by atoms with Crippen LogP contribution in [-0.4, -0.2) is 65.6 Å². The lowest BCUT2D eigenvalue weighted by atomic mass is 9.95. The summed E-state index contributed by atoms with van der Waals surface area (Å²) in [5, 5.41) is 12.0. The standard InChI is InChI=1S/C37H51N5O5/c1-27(2)10-9-22-46-25-21-42-37-31-12-6-5-11-29(31)26-41(33-14-8-7-13-32(33)36(37)39-40-42)35(45)18-17-34(44)38-20-24-47-23-19-30(43)16-15-28(3)4/h5-8,11-14,27-28H,9-10,15-26H2,1-4H3,(H,38,44). The van der Waals surface area contributed by atoms with Crippen LogP contribution >= 0.6 is 0 Å². The van der Waals surface area contributed by atoms with Gasteiger partial charge in [0.1, 0.15) is 11.5 Å². The fraction of sp³-hybridized carbons (Fsp3) is 0.541. The van der Waals surface area contributed by atoms with Crippen molar-refractivity contribution in [1.29, 1.82) is 0 Å². The number of amides is 2. The maximum atomic E-state index is 13.7. The van der Waals surface area contributed by atoms with Crippen LogP contribution in [0.4, 0.5) is 5.69 Å². The van der Waals surface area contributed by atoms with Gasteiger partial charge in [0.15, 0.2) is 0 Å². The Morgan fingerprint density at radius 3 is 2.32 bits per heavy atom. The second-order valence-electron chi connectivity index (χ2n) is 13.0. The van der Waals surface area contributed by atoms with E-state index in [1.807, 2.05) is 53.2 Å². The lowest BCUT2D eigenvalue weighted by Crippen LogP contribution is -2.34. The highest BCUT2D eigenvalue weighted by molar-refractivity contribution is 6.01. The monoisotopic (exact) mass is 645 g/mol. The topological polar surface area (TPSA) is 116 Å². The first kappa shape index (κ1) is 36.0. The lowest BCUT2D eigenvalue weighted by Gasteiger charge is -2.28. The summed E-state index contributed by atoms with van der Waals surface area (Å²) in [5.41, 5.74) is 5.12. The highest BCUT2D eigenvalue weighted by Crippen LogP contribution is 2.41. The Labute approximate surface area is 279 Å². The summed E-state index contributed by atoms with van der Waals surface area (Å²) in [4.78, 5) is 40.0. The highest BCUT2D eigenvalue weighted by Gasteiger charge is 2.29. The average Bonchev–Trinajstić information content (AvgIpc) is 3.46. The molecule has 0 radical (unpaired) electrons. The van der Waals surface area contributed by atoms with Gasteiger partial charge in [-0.1, -0.05) is 75.4 Å². The van der Waals surface area contributed by atoms with E-state index in [2.05, 4.69) is 43.3 Å². The van der Waals surface area contributed by atoms with E-state index in [1.165, 1.54) is 0 Å². The third-order valence-electron chi connectivity index (χ3n) is 8.26. The van der Waals surface area contributed by atoms with Crippen molar-refractivity contribution in [2.45, 2.75) is 85.7 Å². The highest BCUT2D eigenvalue weighted by atomic mass is 16.5. The van der Waals surface area contributed by atoms with E-state index in [0.29, 0.717) is 69.8 Å². The van der Waals surface area contributed by atoms with Gasteiger partial charge in [0.05, 0.1) is 44.3 Å². The predicted octanol–water partition coefficient (Wildman–Crippen LogP) is 6.22. The van der Waals surface area contributed by atoms with Crippen molar-refractivity contribution < 1.29 is 23.9 Å². The van der Waals surface area contributed by atoms with Crippen molar-refractivity contribution in [3.8, 4) is 22.5 Å². The Kier molecular flexibility index (Phi) is 14.1. The number of carbonyl (C=O) groups is 3. The molecule has 1 aliphatic rings. The van der Waals surface area contributed by atoms with Gasteiger partial charge in [-0.05, 0) is 42.7 Å². The van der Waals surface area contributed by atoms with E-state index < -0.39 is 0 Å². The first-order valence-electron chi connectivity index (χ1n) is 17.1. The molecule has 2 heterocycles. The van der Waals surface area contributed by atoms with Gasteiger partial charge in [-0.3, -0.25) is 14.4 Å². The van der Waals surface area contributed by atoms with Crippen LogP contribution in [0.1, 0.15) is 78.2 Å². The second-order valence-corrected chi connectivity index (χ2v) is 13.0. The van der Waals surface area contributed by atoms with Gasteiger partial charge in [-0.2, -0.15) is 0 Å². The van der Waals surface area contributed by atoms with Crippen LogP contribution in [0.25, 0.3) is 22.5 Å². The van der Waals surface area contributed by atoms with Crippen LogP contribution in [0, 0.1) is 11.8 Å². The molecule has 47 heavy (non-hydrogen) atoms. The molecule has 0 fully saturated rings. The first-order chi connectivity index (χ1) is 22.7. The van der Waals surface area contributed by atoms with E-state index in [1.54, 1.807) is 4.90 Å². The molecular formula is C37H51N5O5. The second kappa shape index (κ2) is 18.4. The number of nitrogens with zero attached hydrogens (tertiary/aromatic N) is 4. The van der Waals surface area contributed by atoms with Crippen LogP contribution in [0.2, 0.25) is 0 Å². The molecule has 0 atom stereocenters. The summed E-state index contributed by atoms with van der Waals surface area (Å²) in [6, 6.07) is 15.8. The summed E-state index contributed by atoms with van der Waals surface area (Å²) in [6.45, 7) is 11.8. The van der Waals surface area contributed by atoms with Gasteiger partial charge in [-0.25, -0.2) is 4.68 Å². The smallest absolute Gasteiger partial charge is 0.227 e. The summed E-state index contributed by atoms with van der Waals surface area (Å²) in [6.07, 6.45) is 4.15. The molecule has 1 N–H and O–H groups in total. The number of nitrogens with one attached hydrogen (secondary N) is 1. The zero-order valence-corrected chi connectivity index (χ0v) is 28.5. The summed E-state index contributed by atoms with van der Waals surface area (Å²) >= 11 is 0. The number of rotatable bonds is 19. The van der Waals surface area contributed by atoms with Crippen LogP contribution in [0.15, 0.2) is 48.5 Å². The normalized spacial score (nSPS) is 12.3. The van der Waals surface area contributed by atoms with Gasteiger partial charge in [0.2, 0.25) is 11.8 Å². The fourth-order valence-corrected chi connectivity index (χ4v) is 5.61. The molecule has 1 aromatic heterocycles. The van der Waals surface area contributed by atoms with Crippen molar-refractivity contribution >= 4 is 23.3 Å². The van der Waals surface area contributed by atoms with Crippen LogP contribution in [0.3, 0.4) is 0 Å². The molecule has 2 aromatic carbocycles. The molecule has 4 rings (SSSR count). The molecule has 1 aliphatic heterocycles. The Balaban J connectivity index is 1.37. The van der Waals surface area contributed by atoms with Gasteiger partial charge in [-0.15, -0.1) is 5.10 Å². The summed E-state index contributed by atoms with van der Waals surface area (Å²) < 4.78 is 13.4. The van der Waals surface area contributed by atoms with Crippen molar-refractivity contribution in [3.63, 3.8) is 0 Å². The van der Waals surface area contributed by atoms with E-state index in [9.17, 15) is 14.4 Å².